The van der Waals surface area contributed by atoms with E-state index in [1.54, 1.807) is 42.5 Å². The molecule has 6 heteroatoms. The van der Waals surface area contributed by atoms with Crippen LogP contribution in [0.1, 0.15) is 15.9 Å². The maximum Gasteiger partial charge on any atom is 0.316 e. The van der Waals surface area contributed by atoms with E-state index in [2.05, 4.69) is 10.6 Å². The molecule has 0 saturated carbocycles. The number of benzene rings is 2. The van der Waals surface area contributed by atoms with Crippen LogP contribution in [0.2, 0.25) is 0 Å². The van der Waals surface area contributed by atoms with E-state index in [1.165, 1.54) is 0 Å². The van der Waals surface area contributed by atoms with Crippen molar-refractivity contribution in [1.82, 2.24) is 0 Å². The summed E-state index contributed by atoms with van der Waals surface area (Å²) in [5.41, 5.74) is 13.9. The van der Waals surface area contributed by atoms with Gasteiger partial charge in [-0.15, -0.1) is 0 Å². The standard InChI is InChI=1S/C15H16N4O2/c1-9-8-10(2-7-13(9)16)14(20)18-11-3-5-12(6-4-11)19-15(17)21/h2-8H,16H2,1H3,(H,18,20)(H3,17,19,21). The van der Waals surface area contributed by atoms with Crippen molar-refractivity contribution >= 4 is 29.0 Å². The number of amides is 3. The maximum atomic E-state index is 12.1. The van der Waals surface area contributed by atoms with E-state index in [9.17, 15) is 9.59 Å². The third kappa shape index (κ3) is 3.73. The molecule has 0 aromatic heterocycles. The van der Waals surface area contributed by atoms with E-state index < -0.39 is 6.03 Å². The summed E-state index contributed by atoms with van der Waals surface area (Å²) in [6, 6.07) is 11.1. The van der Waals surface area contributed by atoms with Crippen molar-refractivity contribution < 1.29 is 9.59 Å². The smallest absolute Gasteiger partial charge is 0.316 e. The fourth-order valence-corrected chi connectivity index (χ4v) is 1.80. The second kappa shape index (κ2) is 5.96. The molecule has 2 aromatic carbocycles. The van der Waals surface area contributed by atoms with Crippen LogP contribution in [0.5, 0.6) is 0 Å². The third-order valence-corrected chi connectivity index (χ3v) is 2.94. The highest BCUT2D eigenvalue weighted by Crippen LogP contribution is 2.16. The summed E-state index contributed by atoms with van der Waals surface area (Å²) in [5.74, 6) is -0.228. The number of anilines is 3. The number of hydrogen-bond acceptors (Lipinski definition) is 3. The van der Waals surface area contributed by atoms with Crippen molar-refractivity contribution in [3.05, 3.63) is 53.6 Å². The van der Waals surface area contributed by atoms with Crippen LogP contribution in [0.4, 0.5) is 21.9 Å². The summed E-state index contributed by atoms with van der Waals surface area (Å²) < 4.78 is 0. The molecule has 0 heterocycles. The lowest BCUT2D eigenvalue weighted by Crippen LogP contribution is -2.19. The predicted octanol–water partition coefficient (Wildman–Crippen LogP) is 2.32. The Morgan fingerprint density at radius 1 is 0.952 bits per heavy atom. The van der Waals surface area contributed by atoms with Gasteiger partial charge in [-0.25, -0.2) is 4.79 Å². The lowest BCUT2D eigenvalue weighted by atomic mass is 10.1. The highest BCUT2D eigenvalue weighted by atomic mass is 16.2. The van der Waals surface area contributed by atoms with Crippen molar-refractivity contribution in [3.63, 3.8) is 0 Å². The van der Waals surface area contributed by atoms with Crippen molar-refractivity contribution in [2.24, 2.45) is 5.73 Å². The molecular weight excluding hydrogens is 268 g/mol. The first-order valence-electron chi connectivity index (χ1n) is 6.29. The zero-order valence-corrected chi connectivity index (χ0v) is 11.5. The summed E-state index contributed by atoms with van der Waals surface area (Å²) in [6.45, 7) is 1.84. The zero-order valence-electron chi connectivity index (χ0n) is 11.5. The molecule has 0 atom stereocenters. The normalized spacial score (nSPS) is 9.95. The average molecular weight is 284 g/mol. The Bertz CT molecular complexity index is 681. The molecule has 0 aliphatic heterocycles. The van der Waals surface area contributed by atoms with Gasteiger partial charge in [-0.05, 0) is 55.0 Å². The topological polar surface area (TPSA) is 110 Å². The molecule has 3 amide bonds. The number of primary amides is 1. The summed E-state index contributed by atoms with van der Waals surface area (Å²) in [6.07, 6.45) is 0. The number of aryl methyl sites for hydroxylation is 1. The van der Waals surface area contributed by atoms with Gasteiger partial charge in [0.2, 0.25) is 0 Å². The summed E-state index contributed by atoms with van der Waals surface area (Å²) >= 11 is 0. The summed E-state index contributed by atoms with van der Waals surface area (Å²) in [4.78, 5) is 22.8. The average Bonchev–Trinajstić information content (AvgIpc) is 2.43. The Labute approximate surface area is 122 Å². The molecule has 6 nitrogen and oxygen atoms in total. The summed E-state index contributed by atoms with van der Waals surface area (Å²) in [5, 5.41) is 5.20. The molecule has 0 spiro atoms. The van der Waals surface area contributed by atoms with Crippen LogP contribution in [0.15, 0.2) is 42.5 Å². The van der Waals surface area contributed by atoms with Gasteiger partial charge < -0.3 is 22.1 Å². The van der Waals surface area contributed by atoms with Crippen molar-refractivity contribution in [1.29, 1.82) is 0 Å². The predicted molar refractivity (Wildman–Crippen MR) is 83.2 cm³/mol. The first kappa shape index (κ1) is 14.4. The molecule has 0 radical (unpaired) electrons. The highest BCUT2D eigenvalue weighted by molar-refractivity contribution is 6.04. The van der Waals surface area contributed by atoms with Gasteiger partial charge in [-0.2, -0.15) is 0 Å². The minimum absolute atomic E-state index is 0.228. The van der Waals surface area contributed by atoms with Gasteiger partial charge in [0.1, 0.15) is 0 Å². The number of carbonyl (C=O) groups is 2. The molecular formula is C15H16N4O2. The van der Waals surface area contributed by atoms with Crippen LogP contribution >= 0.6 is 0 Å². The Morgan fingerprint density at radius 2 is 1.52 bits per heavy atom. The van der Waals surface area contributed by atoms with E-state index in [1.807, 2.05) is 6.92 Å². The van der Waals surface area contributed by atoms with Gasteiger partial charge in [0.05, 0.1) is 0 Å². The largest absolute Gasteiger partial charge is 0.399 e. The van der Waals surface area contributed by atoms with E-state index >= 15 is 0 Å². The second-order valence-electron chi connectivity index (χ2n) is 4.59. The van der Waals surface area contributed by atoms with Crippen LogP contribution in [0.3, 0.4) is 0 Å². The SMILES string of the molecule is Cc1cc(C(=O)Nc2ccc(NC(N)=O)cc2)ccc1N. The molecule has 0 saturated heterocycles. The molecule has 2 rings (SSSR count). The molecule has 0 aliphatic carbocycles. The Kier molecular flexibility index (Phi) is 4.08. The molecule has 0 bridgehead atoms. The highest BCUT2D eigenvalue weighted by Gasteiger charge is 2.07. The fraction of sp³-hybridized carbons (Fsp3) is 0.0667. The maximum absolute atomic E-state index is 12.1. The van der Waals surface area contributed by atoms with Gasteiger partial charge >= 0.3 is 6.03 Å². The number of nitrogens with two attached hydrogens (primary N) is 2. The molecule has 0 unspecified atom stereocenters. The molecule has 108 valence electrons. The van der Waals surface area contributed by atoms with Crippen LogP contribution < -0.4 is 22.1 Å². The lowest BCUT2D eigenvalue weighted by molar-refractivity contribution is 0.102. The second-order valence-corrected chi connectivity index (χ2v) is 4.59. The van der Waals surface area contributed by atoms with Crippen LogP contribution in [-0.4, -0.2) is 11.9 Å². The molecule has 2 aromatic rings. The summed E-state index contributed by atoms with van der Waals surface area (Å²) in [7, 11) is 0. The van der Waals surface area contributed by atoms with Crippen molar-refractivity contribution in [2.45, 2.75) is 6.92 Å². The van der Waals surface area contributed by atoms with Crippen molar-refractivity contribution in [2.75, 3.05) is 16.4 Å². The van der Waals surface area contributed by atoms with E-state index in [0.29, 0.717) is 22.6 Å². The number of rotatable bonds is 3. The van der Waals surface area contributed by atoms with Crippen LogP contribution in [-0.2, 0) is 0 Å². The zero-order chi connectivity index (χ0) is 15.4. The minimum atomic E-state index is -0.635. The van der Waals surface area contributed by atoms with E-state index in [0.717, 1.165) is 5.56 Å². The molecule has 6 N–H and O–H groups in total. The van der Waals surface area contributed by atoms with Gasteiger partial charge in [-0.3, -0.25) is 4.79 Å². The van der Waals surface area contributed by atoms with Gasteiger partial charge in [-0.1, -0.05) is 0 Å². The van der Waals surface area contributed by atoms with Crippen LogP contribution in [0, 0.1) is 6.92 Å². The number of nitrogen functional groups attached to an aromatic ring is 1. The van der Waals surface area contributed by atoms with Gasteiger partial charge in [0.25, 0.3) is 5.91 Å². The van der Waals surface area contributed by atoms with Gasteiger partial charge in [0.15, 0.2) is 0 Å². The van der Waals surface area contributed by atoms with E-state index in [4.69, 9.17) is 11.5 Å². The quantitative estimate of drug-likeness (QED) is 0.649. The number of carbonyl (C=O) groups excluding carboxylic acids is 2. The first-order chi connectivity index (χ1) is 9.95. The van der Waals surface area contributed by atoms with Gasteiger partial charge in [0, 0.05) is 22.6 Å². The third-order valence-electron chi connectivity index (χ3n) is 2.94. The Balaban J connectivity index is 2.08. The number of urea groups is 1. The van der Waals surface area contributed by atoms with Crippen LogP contribution in [0.25, 0.3) is 0 Å². The Hall–Kier alpha value is -3.02. The fourth-order valence-electron chi connectivity index (χ4n) is 1.80. The Morgan fingerprint density at radius 3 is 2.05 bits per heavy atom. The minimum Gasteiger partial charge on any atom is -0.399 e. The monoisotopic (exact) mass is 284 g/mol. The lowest BCUT2D eigenvalue weighted by Gasteiger charge is -2.08. The van der Waals surface area contributed by atoms with Crippen molar-refractivity contribution in [3.8, 4) is 0 Å². The number of nitrogens with one attached hydrogen (secondary N) is 2. The first-order valence-corrected chi connectivity index (χ1v) is 6.29. The molecule has 0 fully saturated rings. The van der Waals surface area contributed by atoms with E-state index in [-0.39, 0.29) is 5.91 Å². The molecule has 21 heavy (non-hydrogen) atoms. The number of hydrogen-bond donors (Lipinski definition) is 4. The molecule has 0 aliphatic rings.